The molecule has 3 aromatic rings. The van der Waals surface area contributed by atoms with Gasteiger partial charge in [0.1, 0.15) is 5.69 Å². The van der Waals surface area contributed by atoms with Crippen LogP contribution in [-0.4, -0.2) is 22.4 Å². The first-order chi connectivity index (χ1) is 16.0. The average molecular weight is 446 g/mol. The number of anilines is 1. The van der Waals surface area contributed by atoms with Crippen molar-refractivity contribution in [3.63, 3.8) is 0 Å². The standard InChI is InChI=1S/C23H18N4O6/c28-26(29)16-7-8-19(20(11-16)27(30)31)24-25-23(15-6-9-21-22(10-15)33-13-32-21)18-12-17(18)14-4-2-1-3-5-14/h1-11,17-18,24H,12-13H2/b25-23-/t17-,18+/m1/s1. The Kier molecular flexibility index (Phi) is 5.09. The third-order valence-corrected chi connectivity index (χ3v) is 5.72. The molecule has 0 spiro atoms. The Labute approximate surface area is 187 Å². The average Bonchev–Trinajstić information content (AvgIpc) is 3.47. The predicted molar refractivity (Wildman–Crippen MR) is 120 cm³/mol. The lowest BCUT2D eigenvalue weighted by Crippen LogP contribution is -2.09. The number of hydrazone groups is 1. The van der Waals surface area contributed by atoms with Crippen LogP contribution in [0.2, 0.25) is 0 Å². The highest BCUT2D eigenvalue weighted by molar-refractivity contribution is 6.05. The molecular formula is C23H18N4O6. The van der Waals surface area contributed by atoms with Crippen LogP contribution >= 0.6 is 0 Å². The van der Waals surface area contributed by atoms with Gasteiger partial charge in [0.2, 0.25) is 6.79 Å². The zero-order chi connectivity index (χ0) is 22.9. The molecule has 1 aliphatic heterocycles. The lowest BCUT2D eigenvalue weighted by Gasteiger charge is -2.10. The topological polar surface area (TPSA) is 129 Å². The van der Waals surface area contributed by atoms with Gasteiger partial charge < -0.3 is 9.47 Å². The van der Waals surface area contributed by atoms with E-state index in [4.69, 9.17) is 9.47 Å². The molecule has 1 aliphatic carbocycles. The maximum Gasteiger partial charge on any atom is 0.301 e. The number of non-ortho nitro benzene ring substituents is 1. The van der Waals surface area contributed by atoms with Crippen LogP contribution in [0.1, 0.15) is 23.5 Å². The molecule has 0 saturated heterocycles. The maximum absolute atomic E-state index is 11.5. The number of nitrogens with zero attached hydrogens (tertiary/aromatic N) is 3. The molecule has 0 aromatic heterocycles. The third-order valence-electron chi connectivity index (χ3n) is 5.72. The van der Waals surface area contributed by atoms with Crippen LogP contribution < -0.4 is 14.9 Å². The molecule has 33 heavy (non-hydrogen) atoms. The summed E-state index contributed by atoms with van der Waals surface area (Å²) in [7, 11) is 0. The van der Waals surface area contributed by atoms with Crippen LogP contribution in [0.5, 0.6) is 11.5 Å². The van der Waals surface area contributed by atoms with Crippen LogP contribution in [0.25, 0.3) is 0 Å². The van der Waals surface area contributed by atoms with Crippen molar-refractivity contribution in [2.24, 2.45) is 11.0 Å². The Bertz CT molecular complexity index is 1280. The summed E-state index contributed by atoms with van der Waals surface area (Å²) in [5.74, 6) is 1.62. The van der Waals surface area contributed by atoms with E-state index in [-0.39, 0.29) is 30.0 Å². The zero-order valence-corrected chi connectivity index (χ0v) is 17.2. The monoisotopic (exact) mass is 446 g/mol. The number of hydrogen-bond acceptors (Lipinski definition) is 8. The molecule has 1 saturated carbocycles. The van der Waals surface area contributed by atoms with Crippen molar-refractivity contribution < 1.29 is 19.3 Å². The smallest absolute Gasteiger partial charge is 0.301 e. The Hall–Kier alpha value is -4.47. The molecule has 5 rings (SSSR count). The summed E-state index contributed by atoms with van der Waals surface area (Å²) in [6, 6.07) is 19.0. The van der Waals surface area contributed by atoms with Gasteiger partial charge in [-0.25, -0.2) is 0 Å². The van der Waals surface area contributed by atoms with Gasteiger partial charge in [0.05, 0.1) is 21.6 Å². The van der Waals surface area contributed by atoms with Gasteiger partial charge in [-0.2, -0.15) is 5.10 Å². The van der Waals surface area contributed by atoms with Crippen LogP contribution in [0.3, 0.4) is 0 Å². The molecule has 0 unspecified atom stereocenters. The second-order valence-electron chi connectivity index (χ2n) is 7.75. The summed E-state index contributed by atoms with van der Waals surface area (Å²) in [5.41, 5.74) is 4.77. The van der Waals surface area contributed by atoms with Crippen LogP contribution in [-0.2, 0) is 0 Å². The van der Waals surface area contributed by atoms with E-state index in [1.54, 1.807) is 6.07 Å². The van der Waals surface area contributed by atoms with Gasteiger partial charge in [-0.15, -0.1) is 0 Å². The number of hydrogen-bond donors (Lipinski definition) is 1. The quantitative estimate of drug-likeness (QED) is 0.312. The van der Waals surface area contributed by atoms with E-state index in [1.807, 2.05) is 30.3 Å². The molecule has 10 nitrogen and oxygen atoms in total. The summed E-state index contributed by atoms with van der Waals surface area (Å²) in [6.45, 7) is 0.147. The Morgan fingerprint density at radius 2 is 1.73 bits per heavy atom. The van der Waals surface area contributed by atoms with Gasteiger partial charge >= 0.3 is 5.69 Å². The molecule has 1 N–H and O–H groups in total. The number of nitro groups is 2. The number of ether oxygens (including phenoxy) is 2. The van der Waals surface area contributed by atoms with Gasteiger partial charge in [0, 0.05) is 17.5 Å². The molecule has 10 heteroatoms. The fourth-order valence-electron chi connectivity index (χ4n) is 3.98. The minimum Gasteiger partial charge on any atom is -0.454 e. The van der Waals surface area contributed by atoms with E-state index >= 15 is 0 Å². The summed E-state index contributed by atoms with van der Waals surface area (Å²) in [4.78, 5) is 21.2. The van der Waals surface area contributed by atoms with Gasteiger partial charge in [0.25, 0.3) is 5.69 Å². The normalized spacial score (nSPS) is 18.6. The minimum atomic E-state index is -0.674. The first-order valence-corrected chi connectivity index (χ1v) is 10.2. The summed E-state index contributed by atoms with van der Waals surface area (Å²) in [6.07, 6.45) is 0.876. The van der Waals surface area contributed by atoms with Crippen molar-refractivity contribution in [2.75, 3.05) is 12.2 Å². The fraction of sp³-hybridized carbons (Fsp3) is 0.174. The lowest BCUT2D eigenvalue weighted by molar-refractivity contribution is -0.393. The number of nitrogens with one attached hydrogen (secondary N) is 1. The lowest BCUT2D eigenvalue weighted by atomic mass is 10.0. The molecule has 2 atom stereocenters. The summed E-state index contributed by atoms with van der Waals surface area (Å²) < 4.78 is 10.9. The van der Waals surface area contributed by atoms with Crippen molar-refractivity contribution in [1.82, 2.24) is 0 Å². The Balaban J connectivity index is 1.50. The highest BCUT2D eigenvalue weighted by Gasteiger charge is 2.43. The molecule has 1 fully saturated rings. The van der Waals surface area contributed by atoms with Gasteiger partial charge in [-0.3, -0.25) is 25.7 Å². The Morgan fingerprint density at radius 3 is 2.48 bits per heavy atom. The second-order valence-corrected chi connectivity index (χ2v) is 7.75. The number of benzene rings is 3. The van der Waals surface area contributed by atoms with Crippen molar-refractivity contribution in [3.05, 3.63) is 98.1 Å². The largest absolute Gasteiger partial charge is 0.454 e. The van der Waals surface area contributed by atoms with E-state index in [9.17, 15) is 20.2 Å². The Morgan fingerprint density at radius 1 is 0.939 bits per heavy atom. The summed E-state index contributed by atoms with van der Waals surface area (Å²) >= 11 is 0. The second kappa shape index (κ2) is 8.23. The van der Waals surface area contributed by atoms with Crippen molar-refractivity contribution in [2.45, 2.75) is 12.3 Å². The molecule has 166 valence electrons. The zero-order valence-electron chi connectivity index (χ0n) is 17.2. The van der Waals surface area contributed by atoms with E-state index in [0.717, 1.165) is 23.8 Å². The van der Waals surface area contributed by atoms with Crippen LogP contribution in [0.15, 0.2) is 71.8 Å². The minimum absolute atomic E-state index is 0.0701. The molecular weight excluding hydrogens is 428 g/mol. The fourth-order valence-corrected chi connectivity index (χ4v) is 3.98. The van der Waals surface area contributed by atoms with Crippen molar-refractivity contribution in [1.29, 1.82) is 0 Å². The molecule has 1 heterocycles. The first-order valence-electron chi connectivity index (χ1n) is 10.2. The van der Waals surface area contributed by atoms with Crippen molar-refractivity contribution >= 4 is 22.8 Å². The first kappa shape index (κ1) is 20.4. The number of rotatable bonds is 7. The van der Waals surface area contributed by atoms with E-state index in [0.29, 0.717) is 11.5 Å². The van der Waals surface area contributed by atoms with E-state index in [1.165, 1.54) is 17.7 Å². The highest BCUT2D eigenvalue weighted by Crippen LogP contribution is 2.50. The molecule has 2 aliphatic rings. The number of nitro benzene ring substituents is 2. The SMILES string of the molecule is O=[N+]([O-])c1ccc(N/N=C(/c2ccc3c(c2)OCO3)[C@H]2C[C@@H]2c2ccccc2)c([N+](=O)[O-])c1. The maximum atomic E-state index is 11.5. The molecule has 0 amide bonds. The highest BCUT2D eigenvalue weighted by atomic mass is 16.7. The van der Waals surface area contributed by atoms with E-state index < -0.39 is 15.5 Å². The molecule has 0 radical (unpaired) electrons. The van der Waals surface area contributed by atoms with Gasteiger partial charge in [0.15, 0.2) is 11.5 Å². The number of fused-ring (bicyclic) bond motifs is 1. The third kappa shape index (κ3) is 4.05. The van der Waals surface area contributed by atoms with Crippen LogP contribution in [0.4, 0.5) is 17.1 Å². The van der Waals surface area contributed by atoms with Gasteiger partial charge in [-0.05, 0) is 42.2 Å². The van der Waals surface area contributed by atoms with Crippen LogP contribution in [0, 0.1) is 26.1 Å². The van der Waals surface area contributed by atoms with Crippen molar-refractivity contribution in [3.8, 4) is 11.5 Å². The van der Waals surface area contributed by atoms with E-state index in [2.05, 4.69) is 22.7 Å². The predicted octanol–water partition coefficient (Wildman–Crippen LogP) is 4.85. The summed E-state index contributed by atoms with van der Waals surface area (Å²) in [5, 5.41) is 27.0. The molecule has 3 aromatic carbocycles. The van der Waals surface area contributed by atoms with Gasteiger partial charge in [-0.1, -0.05) is 30.3 Å². The molecule has 0 bridgehead atoms.